The number of hydrogen-bond acceptors (Lipinski definition) is 3. The third-order valence-corrected chi connectivity index (χ3v) is 4.25. The quantitative estimate of drug-likeness (QED) is 0.761. The van der Waals surface area contributed by atoms with E-state index in [0.717, 1.165) is 11.6 Å². The fraction of sp³-hybridized carbons (Fsp3) is 0.111. The van der Waals surface area contributed by atoms with Gasteiger partial charge in [0.15, 0.2) is 0 Å². The molecule has 24 heavy (non-hydrogen) atoms. The number of aromatic nitrogens is 1. The Kier molecular flexibility index (Phi) is 3.13. The zero-order valence-corrected chi connectivity index (χ0v) is 12.5. The smallest absolute Gasteiger partial charge is 0.267 e. The van der Waals surface area contributed by atoms with E-state index in [9.17, 15) is 19.1 Å². The van der Waals surface area contributed by atoms with E-state index < -0.39 is 17.3 Å². The van der Waals surface area contributed by atoms with Crippen LogP contribution in [0, 0.1) is 5.82 Å². The van der Waals surface area contributed by atoms with Gasteiger partial charge >= 0.3 is 0 Å². The molecule has 120 valence electrons. The van der Waals surface area contributed by atoms with Crippen LogP contribution in [0.25, 0.3) is 10.9 Å². The number of nitrogens with zero attached hydrogens (tertiary/aromatic N) is 1. The van der Waals surface area contributed by atoms with Gasteiger partial charge < -0.3 is 15.0 Å². The number of aromatic hydroxyl groups is 1. The summed E-state index contributed by atoms with van der Waals surface area (Å²) in [5.74, 6) is -1.61. The van der Waals surface area contributed by atoms with E-state index in [0.29, 0.717) is 23.9 Å². The van der Waals surface area contributed by atoms with Gasteiger partial charge in [0.25, 0.3) is 11.5 Å². The van der Waals surface area contributed by atoms with Crippen LogP contribution in [0.2, 0.25) is 0 Å². The van der Waals surface area contributed by atoms with E-state index in [2.05, 4.69) is 5.32 Å². The maximum absolute atomic E-state index is 13.2. The van der Waals surface area contributed by atoms with Crippen LogP contribution in [0.4, 0.5) is 10.1 Å². The van der Waals surface area contributed by atoms with Crippen LogP contribution in [-0.2, 0) is 13.0 Å². The van der Waals surface area contributed by atoms with E-state index in [-0.39, 0.29) is 17.0 Å². The third kappa shape index (κ3) is 2.07. The van der Waals surface area contributed by atoms with Crippen molar-refractivity contribution in [2.45, 2.75) is 13.0 Å². The summed E-state index contributed by atoms with van der Waals surface area (Å²) >= 11 is 0. The lowest BCUT2D eigenvalue weighted by atomic mass is 10.1. The first kappa shape index (κ1) is 14.4. The van der Waals surface area contributed by atoms with Crippen LogP contribution in [0.3, 0.4) is 0 Å². The summed E-state index contributed by atoms with van der Waals surface area (Å²) in [6.07, 6.45) is 0.682. The van der Waals surface area contributed by atoms with Crippen molar-refractivity contribution in [2.75, 3.05) is 5.32 Å². The minimum atomic E-state index is -0.758. The van der Waals surface area contributed by atoms with Crippen LogP contribution < -0.4 is 10.9 Å². The van der Waals surface area contributed by atoms with Gasteiger partial charge in [-0.05, 0) is 36.2 Å². The molecule has 0 unspecified atom stereocenters. The Morgan fingerprint density at radius 3 is 2.79 bits per heavy atom. The molecule has 0 atom stereocenters. The van der Waals surface area contributed by atoms with Gasteiger partial charge in [0.2, 0.25) is 0 Å². The standard InChI is InChI=1S/C18H13FN2O3/c19-11-4-2-5-12(9-11)20-17(23)14-16(22)13-6-1-3-10-7-8-21(15(10)13)18(14)24/h1-6,9,22H,7-8H2,(H,20,23). The molecule has 5 nitrogen and oxygen atoms in total. The van der Waals surface area contributed by atoms with Crippen molar-refractivity contribution < 1.29 is 14.3 Å². The molecule has 0 bridgehead atoms. The van der Waals surface area contributed by atoms with Crippen molar-refractivity contribution in [3.05, 3.63) is 69.8 Å². The molecule has 2 N–H and O–H groups in total. The normalized spacial score (nSPS) is 12.5. The maximum atomic E-state index is 13.2. The van der Waals surface area contributed by atoms with Crippen LogP contribution in [-0.4, -0.2) is 15.6 Å². The lowest BCUT2D eigenvalue weighted by Crippen LogP contribution is -2.28. The van der Waals surface area contributed by atoms with E-state index in [1.807, 2.05) is 6.07 Å². The van der Waals surface area contributed by atoms with Crippen molar-refractivity contribution in [1.82, 2.24) is 4.57 Å². The van der Waals surface area contributed by atoms with Gasteiger partial charge in [-0.2, -0.15) is 0 Å². The Bertz CT molecular complexity index is 1060. The summed E-state index contributed by atoms with van der Waals surface area (Å²) in [6, 6.07) is 10.7. The monoisotopic (exact) mass is 324 g/mol. The third-order valence-electron chi connectivity index (χ3n) is 4.25. The lowest BCUT2D eigenvalue weighted by Gasteiger charge is -2.11. The molecular formula is C18H13FN2O3. The number of anilines is 1. The van der Waals surface area contributed by atoms with Crippen LogP contribution in [0.5, 0.6) is 5.75 Å². The Balaban J connectivity index is 1.86. The first-order valence-electron chi connectivity index (χ1n) is 7.50. The molecule has 0 saturated carbocycles. The van der Waals surface area contributed by atoms with Crippen molar-refractivity contribution in [3.8, 4) is 5.75 Å². The predicted molar refractivity (Wildman–Crippen MR) is 87.9 cm³/mol. The largest absolute Gasteiger partial charge is 0.506 e. The molecule has 0 saturated heterocycles. The second kappa shape index (κ2) is 5.19. The first-order valence-corrected chi connectivity index (χ1v) is 7.50. The highest BCUT2D eigenvalue weighted by molar-refractivity contribution is 6.09. The Labute approximate surface area is 136 Å². The zero-order chi connectivity index (χ0) is 16.8. The van der Waals surface area contributed by atoms with Crippen molar-refractivity contribution in [2.24, 2.45) is 0 Å². The first-order chi connectivity index (χ1) is 11.6. The van der Waals surface area contributed by atoms with Gasteiger partial charge in [0.05, 0.1) is 5.52 Å². The van der Waals surface area contributed by atoms with Crippen LogP contribution in [0.1, 0.15) is 15.9 Å². The molecule has 1 aliphatic rings. The summed E-state index contributed by atoms with van der Waals surface area (Å²) < 4.78 is 14.8. The van der Waals surface area contributed by atoms with Crippen LogP contribution >= 0.6 is 0 Å². The summed E-state index contributed by atoms with van der Waals surface area (Å²) in [4.78, 5) is 25.1. The van der Waals surface area contributed by atoms with Crippen molar-refractivity contribution >= 4 is 22.5 Å². The van der Waals surface area contributed by atoms with E-state index in [4.69, 9.17) is 0 Å². The number of pyridine rings is 1. The average molecular weight is 324 g/mol. The molecule has 1 aromatic heterocycles. The molecule has 2 heterocycles. The predicted octanol–water partition coefficient (Wildman–Crippen LogP) is 2.65. The number of amides is 1. The molecule has 1 aliphatic heterocycles. The highest BCUT2D eigenvalue weighted by Crippen LogP contribution is 2.32. The topological polar surface area (TPSA) is 71.3 Å². The lowest BCUT2D eigenvalue weighted by molar-refractivity contribution is 0.102. The Morgan fingerprint density at radius 1 is 1.21 bits per heavy atom. The van der Waals surface area contributed by atoms with E-state index in [1.165, 1.54) is 22.8 Å². The summed E-state index contributed by atoms with van der Waals surface area (Å²) in [5.41, 5.74) is 0.984. The number of para-hydroxylation sites is 1. The number of nitrogens with one attached hydrogen (secondary N) is 1. The molecule has 6 heteroatoms. The fourth-order valence-electron chi connectivity index (χ4n) is 3.19. The van der Waals surface area contributed by atoms with Crippen molar-refractivity contribution in [1.29, 1.82) is 0 Å². The number of rotatable bonds is 2. The fourth-order valence-corrected chi connectivity index (χ4v) is 3.19. The van der Waals surface area contributed by atoms with Gasteiger partial charge in [-0.3, -0.25) is 9.59 Å². The van der Waals surface area contributed by atoms with Gasteiger partial charge in [0.1, 0.15) is 17.1 Å². The average Bonchev–Trinajstić information content (AvgIpc) is 2.98. The number of hydrogen-bond donors (Lipinski definition) is 2. The Morgan fingerprint density at radius 2 is 2.00 bits per heavy atom. The SMILES string of the molecule is O=C(Nc1cccc(F)c1)c1c(O)c2cccc3c2n(c1=O)CC3. The summed E-state index contributed by atoms with van der Waals surface area (Å²) in [5, 5.41) is 13.4. The molecule has 3 aromatic rings. The van der Waals surface area contributed by atoms with Gasteiger partial charge in [-0.15, -0.1) is 0 Å². The molecule has 4 rings (SSSR count). The minimum absolute atomic E-state index is 0.217. The number of benzene rings is 2. The molecule has 0 fully saturated rings. The highest BCUT2D eigenvalue weighted by Gasteiger charge is 2.26. The number of aryl methyl sites for hydroxylation is 2. The summed E-state index contributed by atoms with van der Waals surface area (Å²) in [7, 11) is 0. The zero-order valence-electron chi connectivity index (χ0n) is 12.5. The Hall–Kier alpha value is -3.15. The molecule has 1 amide bonds. The molecular weight excluding hydrogens is 311 g/mol. The van der Waals surface area contributed by atoms with E-state index in [1.54, 1.807) is 12.1 Å². The molecule has 0 radical (unpaired) electrons. The molecule has 2 aromatic carbocycles. The van der Waals surface area contributed by atoms with Crippen molar-refractivity contribution in [3.63, 3.8) is 0 Å². The number of carbonyl (C=O) groups is 1. The number of halogens is 1. The highest BCUT2D eigenvalue weighted by atomic mass is 19.1. The van der Waals surface area contributed by atoms with Gasteiger partial charge in [-0.25, -0.2) is 4.39 Å². The van der Waals surface area contributed by atoms with Gasteiger partial charge in [0, 0.05) is 17.6 Å². The second-order valence-corrected chi connectivity index (χ2v) is 5.71. The summed E-state index contributed by atoms with van der Waals surface area (Å²) in [6.45, 7) is 0.467. The van der Waals surface area contributed by atoms with E-state index >= 15 is 0 Å². The number of carbonyl (C=O) groups excluding carboxylic acids is 1. The maximum Gasteiger partial charge on any atom is 0.267 e. The second-order valence-electron chi connectivity index (χ2n) is 5.71. The van der Waals surface area contributed by atoms with Crippen LogP contribution in [0.15, 0.2) is 47.3 Å². The van der Waals surface area contributed by atoms with Gasteiger partial charge in [-0.1, -0.05) is 18.2 Å². The molecule has 0 spiro atoms. The minimum Gasteiger partial charge on any atom is -0.506 e. The molecule has 0 aliphatic carbocycles.